The minimum Gasteiger partial charge on any atom is -0.493 e. The van der Waals surface area contributed by atoms with Crippen LogP contribution < -0.4 is 9.47 Å². The van der Waals surface area contributed by atoms with Crippen LogP contribution in [0.4, 0.5) is 0 Å². The molecule has 0 N–H and O–H groups in total. The summed E-state index contributed by atoms with van der Waals surface area (Å²) < 4.78 is 11.7. The molecule has 1 aromatic heterocycles. The molecule has 1 aromatic carbocycles. The average molecular weight is 384 g/mol. The Bertz CT molecular complexity index is 637. The molecule has 0 aliphatic carbocycles. The molecule has 0 aliphatic heterocycles. The molecule has 0 aliphatic rings. The Morgan fingerprint density at radius 2 is 1.50 bits per heavy atom. The standard InChI is InChI=1S/C25H37NO2/c1-4-6-8-9-11-21(3)20-28-23-14-12-22(13-15-23)25-17-16-24(19-26-25)27-18-10-7-5-2/h12-17,19,21H,4-11,18,20H2,1-3H3. The zero-order valence-corrected chi connectivity index (χ0v) is 18.0. The summed E-state index contributed by atoms with van der Waals surface area (Å²) >= 11 is 0. The lowest BCUT2D eigenvalue weighted by Gasteiger charge is -2.13. The molecule has 3 heteroatoms. The van der Waals surface area contributed by atoms with E-state index in [1.807, 2.05) is 30.5 Å². The Morgan fingerprint density at radius 1 is 0.786 bits per heavy atom. The number of ether oxygens (including phenoxy) is 2. The van der Waals surface area contributed by atoms with Crippen LogP contribution in [0.2, 0.25) is 0 Å². The highest BCUT2D eigenvalue weighted by molar-refractivity contribution is 5.60. The Hall–Kier alpha value is -2.03. The first-order valence-corrected chi connectivity index (χ1v) is 11.0. The van der Waals surface area contributed by atoms with Crippen LogP contribution in [0.1, 0.15) is 72.1 Å². The first-order chi connectivity index (χ1) is 13.7. The molecule has 3 nitrogen and oxygen atoms in total. The second kappa shape index (κ2) is 13.2. The molecule has 0 saturated carbocycles. The van der Waals surface area contributed by atoms with Gasteiger partial charge in [0.05, 0.1) is 25.1 Å². The molecule has 1 atom stereocenters. The maximum atomic E-state index is 5.96. The normalized spacial score (nSPS) is 12.0. The SMILES string of the molecule is CCCCCCC(C)COc1ccc(-c2ccc(OCCCCC)cn2)cc1. The van der Waals surface area contributed by atoms with Crippen LogP contribution in [0, 0.1) is 5.92 Å². The maximum absolute atomic E-state index is 5.96. The van der Waals surface area contributed by atoms with Crippen LogP contribution in [-0.2, 0) is 0 Å². The first kappa shape index (κ1) is 22.3. The molecule has 2 aromatic rings. The third-order valence-electron chi connectivity index (χ3n) is 4.99. The van der Waals surface area contributed by atoms with Gasteiger partial charge in [-0.3, -0.25) is 4.98 Å². The van der Waals surface area contributed by atoms with Gasteiger partial charge in [0, 0.05) is 5.56 Å². The summed E-state index contributed by atoms with van der Waals surface area (Å²) in [5.41, 5.74) is 2.05. The number of nitrogens with zero attached hydrogens (tertiary/aromatic N) is 1. The first-order valence-electron chi connectivity index (χ1n) is 11.0. The lowest BCUT2D eigenvalue weighted by molar-refractivity contribution is 0.249. The Labute approximate surface area is 171 Å². The second-order valence-corrected chi connectivity index (χ2v) is 7.72. The van der Waals surface area contributed by atoms with Gasteiger partial charge in [0.2, 0.25) is 0 Å². The van der Waals surface area contributed by atoms with Crippen molar-refractivity contribution in [1.29, 1.82) is 0 Å². The molecule has 1 unspecified atom stereocenters. The van der Waals surface area contributed by atoms with Crippen molar-refractivity contribution in [3.8, 4) is 22.8 Å². The number of unbranched alkanes of at least 4 members (excludes halogenated alkanes) is 5. The lowest BCUT2D eigenvalue weighted by atomic mass is 10.0. The molecule has 0 radical (unpaired) electrons. The molecule has 28 heavy (non-hydrogen) atoms. The van der Waals surface area contributed by atoms with Crippen molar-refractivity contribution in [1.82, 2.24) is 4.98 Å². The minimum absolute atomic E-state index is 0.600. The summed E-state index contributed by atoms with van der Waals surface area (Å²) in [6.45, 7) is 8.27. The van der Waals surface area contributed by atoms with Gasteiger partial charge in [-0.1, -0.05) is 59.3 Å². The van der Waals surface area contributed by atoms with Crippen molar-refractivity contribution in [2.24, 2.45) is 5.92 Å². The van der Waals surface area contributed by atoms with E-state index >= 15 is 0 Å². The lowest BCUT2D eigenvalue weighted by Crippen LogP contribution is -2.08. The third kappa shape index (κ3) is 8.33. The van der Waals surface area contributed by atoms with E-state index in [-0.39, 0.29) is 0 Å². The van der Waals surface area contributed by atoms with Crippen LogP contribution in [0.25, 0.3) is 11.3 Å². The van der Waals surface area contributed by atoms with Crippen molar-refractivity contribution in [2.45, 2.75) is 72.1 Å². The molecule has 154 valence electrons. The molecule has 2 rings (SSSR count). The number of benzene rings is 1. The zero-order chi connectivity index (χ0) is 20.0. The average Bonchev–Trinajstić information content (AvgIpc) is 2.74. The van der Waals surface area contributed by atoms with Gasteiger partial charge in [-0.25, -0.2) is 0 Å². The van der Waals surface area contributed by atoms with E-state index in [4.69, 9.17) is 9.47 Å². The highest BCUT2D eigenvalue weighted by Crippen LogP contribution is 2.23. The van der Waals surface area contributed by atoms with E-state index in [1.165, 1.54) is 44.9 Å². The molecule has 0 amide bonds. The highest BCUT2D eigenvalue weighted by Gasteiger charge is 2.05. The number of pyridine rings is 1. The molecule has 0 spiro atoms. The monoisotopic (exact) mass is 383 g/mol. The van der Waals surface area contributed by atoms with Crippen molar-refractivity contribution >= 4 is 0 Å². The molecule has 1 heterocycles. The number of hydrogen-bond acceptors (Lipinski definition) is 3. The topological polar surface area (TPSA) is 31.4 Å². The molecule has 0 fully saturated rings. The maximum Gasteiger partial charge on any atom is 0.137 e. The quantitative estimate of drug-likeness (QED) is 0.321. The zero-order valence-electron chi connectivity index (χ0n) is 18.0. The minimum atomic E-state index is 0.600. The van der Waals surface area contributed by atoms with E-state index < -0.39 is 0 Å². The van der Waals surface area contributed by atoms with Gasteiger partial charge in [-0.15, -0.1) is 0 Å². The van der Waals surface area contributed by atoms with Crippen LogP contribution in [0.5, 0.6) is 11.5 Å². The van der Waals surface area contributed by atoms with Crippen LogP contribution in [-0.4, -0.2) is 18.2 Å². The van der Waals surface area contributed by atoms with Gasteiger partial charge in [0.1, 0.15) is 11.5 Å². The second-order valence-electron chi connectivity index (χ2n) is 7.72. The fourth-order valence-corrected chi connectivity index (χ4v) is 3.14. The van der Waals surface area contributed by atoms with Crippen LogP contribution in [0.15, 0.2) is 42.6 Å². The molecule has 0 saturated heterocycles. The van der Waals surface area contributed by atoms with Gasteiger partial charge >= 0.3 is 0 Å². The number of hydrogen-bond donors (Lipinski definition) is 0. The van der Waals surface area contributed by atoms with Crippen molar-refractivity contribution in [2.75, 3.05) is 13.2 Å². The van der Waals surface area contributed by atoms with Crippen LogP contribution in [0.3, 0.4) is 0 Å². The number of rotatable bonds is 14. The predicted octanol–water partition coefficient (Wildman–Crippen LogP) is 7.30. The van der Waals surface area contributed by atoms with Gasteiger partial charge in [-0.05, 0) is 55.2 Å². The third-order valence-corrected chi connectivity index (χ3v) is 4.99. The van der Waals surface area contributed by atoms with Gasteiger partial charge in [-0.2, -0.15) is 0 Å². The van der Waals surface area contributed by atoms with Gasteiger partial charge in [0.15, 0.2) is 0 Å². The Balaban J connectivity index is 1.77. The summed E-state index contributed by atoms with van der Waals surface area (Å²) in [6, 6.07) is 12.2. The summed E-state index contributed by atoms with van der Waals surface area (Å²) in [4.78, 5) is 4.53. The Kier molecular flexibility index (Phi) is 10.5. The summed E-state index contributed by atoms with van der Waals surface area (Å²) in [5, 5.41) is 0. The fraction of sp³-hybridized carbons (Fsp3) is 0.560. The predicted molar refractivity (Wildman–Crippen MR) is 118 cm³/mol. The van der Waals surface area contributed by atoms with Crippen LogP contribution >= 0.6 is 0 Å². The van der Waals surface area contributed by atoms with Gasteiger partial charge in [0.25, 0.3) is 0 Å². The fourth-order valence-electron chi connectivity index (χ4n) is 3.14. The Morgan fingerprint density at radius 3 is 2.18 bits per heavy atom. The van der Waals surface area contributed by atoms with E-state index in [0.29, 0.717) is 5.92 Å². The smallest absolute Gasteiger partial charge is 0.137 e. The van der Waals surface area contributed by atoms with E-state index in [1.54, 1.807) is 0 Å². The molecular formula is C25H37NO2. The molecule has 0 bridgehead atoms. The van der Waals surface area contributed by atoms with E-state index in [0.717, 1.165) is 42.4 Å². The number of aromatic nitrogens is 1. The van der Waals surface area contributed by atoms with E-state index in [9.17, 15) is 0 Å². The summed E-state index contributed by atoms with van der Waals surface area (Å²) in [6.07, 6.45) is 11.8. The van der Waals surface area contributed by atoms with Crippen molar-refractivity contribution in [3.63, 3.8) is 0 Å². The van der Waals surface area contributed by atoms with Crippen molar-refractivity contribution < 1.29 is 9.47 Å². The largest absolute Gasteiger partial charge is 0.493 e. The van der Waals surface area contributed by atoms with Gasteiger partial charge < -0.3 is 9.47 Å². The highest BCUT2D eigenvalue weighted by atomic mass is 16.5. The summed E-state index contributed by atoms with van der Waals surface area (Å²) in [5.74, 6) is 2.37. The summed E-state index contributed by atoms with van der Waals surface area (Å²) in [7, 11) is 0. The van der Waals surface area contributed by atoms with Crippen molar-refractivity contribution in [3.05, 3.63) is 42.6 Å². The molecular weight excluding hydrogens is 346 g/mol. The van der Waals surface area contributed by atoms with E-state index in [2.05, 4.69) is 37.9 Å².